The van der Waals surface area contributed by atoms with E-state index in [-0.39, 0.29) is 27.9 Å². The number of sulfone groups is 1. The maximum absolute atomic E-state index is 13.1. The third-order valence-corrected chi connectivity index (χ3v) is 9.12. The SMILES string of the molecule is C/C=C(\C)S(=O)(=O)NC(C)=N[C@@H](CS(=O)(=O)Cc1ccccc1OC(F)F)C(=O)NCC(=O)c1nc2ccccc2o1.C=CNC.CC.CC. The number of oxazole rings is 1. The zero-order chi connectivity index (χ0) is 38.5. The summed E-state index contributed by atoms with van der Waals surface area (Å²) in [6.07, 6.45) is 2.95. The molecule has 0 saturated carbocycles. The van der Waals surface area contributed by atoms with Crippen LogP contribution in [0.25, 0.3) is 11.1 Å². The van der Waals surface area contributed by atoms with Crippen molar-refractivity contribution >= 4 is 48.5 Å². The first-order chi connectivity index (χ1) is 23.6. The average molecular weight is 744 g/mol. The fourth-order valence-electron chi connectivity index (χ4n) is 3.58. The van der Waals surface area contributed by atoms with E-state index in [0.29, 0.717) is 11.1 Å². The van der Waals surface area contributed by atoms with Gasteiger partial charge in [0.1, 0.15) is 23.1 Å². The first-order valence-electron chi connectivity index (χ1n) is 15.5. The van der Waals surface area contributed by atoms with Crippen molar-refractivity contribution in [3.63, 3.8) is 0 Å². The van der Waals surface area contributed by atoms with Gasteiger partial charge in [-0.05, 0) is 45.2 Å². The second-order valence-electron chi connectivity index (χ2n) is 9.40. The molecule has 1 amide bonds. The summed E-state index contributed by atoms with van der Waals surface area (Å²) in [5.41, 5.74) is 0.667. The molecular weight excluding hydrogens is 697 g/mol. The minimum atomic E-state index is -4.25. The second kappa shape index (κ2) is 22.9. The van der Waals surface area contributed by atoms with Gasteiger partial charge >= 0.3 is 6.61 Å². The lowest BCUT2D eigenvalue weighted by Gasteiger charge is -2.16. The van der Waals surface area contributed by atoms with Gasteiger partial charge in [0, 0.05) is 12.6 Å². The van der Waals surface area contributed by atoms with E-state index >= 15 is 0 Å². The summed E-state index contributed by atoms with van der Waals surface area (Å²) < 4.78 is 88.5. The van der Waals surface area contributed by atoms with Gasteiger partial charge in [-0.2, -0.15) is 8.78 Å². The number of ketones is 1. The Morgan fingerprint density at radius 2 is 1.60 bits per heavy atom. The zero-order valence-corrected chi connectivity index (χ0v) is 31.1. The Kier molecular flexibility index (Phi) is 20.8. The quantitative estimate of drug-likeness (QED) is 0.110. The number of carbonyl (C=O) groups excluding carboxylic acids is 2. The minimum Gasteiger partial charge on any atom is -0.435 e. The Balaban J connectivity index is 0.00000275. The molecule has 3 aromatic rings. The number of nitrogens with one attached hydrogen (secondary N) is 3. The van der Waals surface area contributed by atoms with Crippen molar-refractivity contribution < 1.29 is 44.4 Å². The molecule has 3 N–H and O–H groups in total. The number of amides is 1. The lowest BCUT2D eigenvalue weighted by atomic mass is 10.2. The number of Topliss-reactive ketones (excluding diaryl/α,β-unsaturated/α-hetero) is 1. The van der Waals surface area contributed by atoms with Gasteiger partial charge in [-0.15, -0.1) is 0 Å². The summed E-state index contributed by atoms with van der Waals surface area (Å²) in [4.78, 5) is 33.7. The van der Waals surface area contributed by atoms with E-state index < -0.39 is 62.3 Å². The largest absolute Gasteiger partial charge is 0.435 e. The number of allylic oxidation sites excluding steroid dienone is 2. The van der Waals surface area contributed by atoms with E-state index in [1.807, 2.05) is 34.7 Å². The Labute approximate surface area is 293 Å². The molecule has 0 aliphatic rings. The highest BCUT2D eigenvalue weighted by atomic mass is 32.2. The molecule has 0 radical (unpaired) electrons. The van der Waals surface area contributed by atoms with Crippen LogP contribution in [-0.4, -0.2) is 71.3 Å². The third-order valence-electron chi connectivity index (χ3n) is 5.90. The fourth-order valence-corrected chi connectivity index (χ4v) is 6.03. The van der Waals surface area contributed by atoms with Crippen molar-refractivity contribution in [2.24, 2.45) is 4.99 Å². The molecule has 3 rings (SSSR count). The number of halogens is 2. The number of ether oxygens (including phenoxy) is 1. The average Bonchev–Trinajstić information content (AvgIpc) is 3.53. The summed E-state index contributed by atoms with van der Waals surface area (Å²) in [6, 6.07) is 10.1. The number of hydrogen-bond donors (Lipinski definition) is 3. The molecule has 1 atom stereocenters. The molecule has 0 spiro atoms. The van der Waals surface area contributed by atoms with Crippen molar-refractivity contribution in [1.82, 2.24) is 20.3 Å². The van der Waals surface area contributed by atoms with Crippen molar-refractivity contribution in [2.75, 3.05) is 19.3 Å². The van der Waals surface area contributed by atoms with Crippen LogP contribution in [-0.2, 0) is 30.4 Å². The summed E-state index contributed by atoms with van der Waals surface area (Å²) in [6.45, 7) is 11.6. The minimum absolute atomic E-state index is 0.0507. The smallest absolute Gasteiger partial charge is 0.387 e. The maximum atomic E-state index is 13.1. The summed E-state index contributed by atoms with van der Waals surface area (Å²) in [5, 5.41) is 4.97. The number of amidine groups is 1. The van der Waals surface area contributed by atoms with Gasteiger partial charge in [-0.25, -0.2) is 21.8 Å². The maximum Gasteiger partial charge on any atom is 0.387 e. The van der Waals surface area contributed by atoms with Crippen LogP contribution in [0.15, 0.2) is 81.7 Å². The molecule has 0 aliphatic heterocycles. The van der Waals surface area contributed by atoms with Crippen molar-refractivity contribution in [2.45, 2.75) is 66.9 Å². The van der Waals surface area contributed by atoms with E-state index in [2.05, 4.69) is 36.6 Å². The molecule has 0 aliphatic carbocycles. The monoisotopic (exact) mass is 743 g/mol. The van der Waals surface area contributed by atoms with Crippen molar-refractivity contribution in [3.8, 4) is 5.75 Å². The van der Waals surface area contributed by atoms with Crippen LogP contribution in [0, 0.1) is 0 Å². The number of hydrogen-bond acceptors (Lipinski definition) is 11. The van der Waals surface area contributed by atoms with Gasteiger partial charge in [0.25, 0.3) is 15.9 Å². The normalized spacial score (nSPS) is 12.1. The Bertz CT molecular complexity index is 1780. The van der Waals surface area contributed by atoms with Crippen LogP contribution in [0.3, 0.4) is 0 Å². The van der Waals surface area contributed by atoms with Gasteiger partial charge < -0.3 is 19.8 Å². The molecular formula is C33H47F2N5O8S2. The van der Waals surface area contributed by atoms with E-state index in [0.717, 1.165) is 0 Å². The van der Waals surface area contributed by atoms with Gasteiger partial charge in [0.15, 0.2) is 15.4 Å². The molecule has 0 fully saturated rings. The fraction of sp³-hybridized carbons (Fsp3) is 0.394. The van der Waals surface area contributed by atoms with Crippen molar-refractivity contribution in [1.29, 1.82) is 0 Å². The number of alkyl halides is 2. The van der Waals surface area contributed by atoms with Crippen LogP contribution < -0.4 is 20.1 Å². The van der Waals surface area contributed by atoms with Crippen LogP contribution in [0.5, 0.6) is 5.75 Å². The predicted molar refractivity (Wildman–Crippen MR) is 192 cm³/mol. The molecule has 278 valence electrons. The van der Waals surface area contributed by atoms with E-state index in [1.165, 1.54) is 51.1 Å². The molecule has 2 aromatic carbocycles. The van der Waals surface area contributed by atoms with Crippen LogP contribution in [0.2, 0.25) is 0 Å². The lowest BCUT2D eigenvalue weighted by Crippen LogP contribution is -2.42. The molecule has 0 bridgehead atoms. The van der Waals surface area contributed by atoms with Gasteiger partial charge in [0.05, 0.1) is 23.0 Å². The number of carbonyl (C=O) groups is 2. The van der Waals surface area contributed by atoms with E-state index in [4.69, 9.17) is 4.42 Å². The highest BCUT2D eigenvalue weighted by Gasteiger charge is 2.28. The standard InChI is InChI=1S/C26H28F2N4O8S2.C3H7N.2C2H6/c1-4-16(2)42(37,38)32-17(3)30-20(15-41(35,36)14-18-9-5-7-11-22(18)40-26(27)28)24(34)29-13-21(33)25-31-19-10-6-8-12-23(19)39-25;1-3-4-2;2*1-2/h4-12,20,26H,13-15H2,1-3H3,(H,29,34)(H,30,32);3-4H,1H2,2H3;2*1-2H3/b16-4+;;;/t20-;;;/m0.../s1. The first-order valence-corrected chi connectivity index (χ1v) is 18.8. The number of para-hydroxylation sites is 3. The predicted octanol–water partition coefficient (Wildman–Crippen LogP) is 5.37. The molecule has 1 aromatic heterocycles. The molecule has 17 heteroatoms. The number of rotatable bonds is 14. The Hall–Kier alpha value is -4.64. The van der Waals surface area contributed by atoms with Gasteiger partial charge in [-0.1, -0.05) is 70.7 Å². The Morgan fingerprint density at radius 1 is 1.02 bits per heavy atom. The summed E-state index contributed by atoms with van der Waals surface area (Å²) in [5.74, 6) is -4.45. The lowest BCUT2D eigenvalue weighted by molar-refractivity contribution is -0.121. The van der Waals surface area contributed by atoms with Gasteiger partial charge in [-0.3, -0.25) is 19.3 Å². The number of benzene rings is 2. The zero-order valence-electron chi connectivity index (χ0n) is 29.5. The molecule has 13 nitrogen and oxygen atoms in total. The molecule has 0 saturated heterocycles. The first kappa shape index (κ1) is 45.4. The highest BCUT2D eigenvalue weighted by molar-refractivity contribution is 7.93. The molecule has 1 heterocycles. The summed E-state index contributed by atoms with van der Waals surface area (Å²) in [7, 11) is -6.47. The third kappa shape index (κ3) is 15.7. The number of aliphatic imine (C=N–C) groups is 1. The molecule has 50 heavy (non-hydrogen) atoms. The van der Waals surface area contributed by atoms with Crippen LogP contribution in [0.1, 0.15) is 64.7 Å². The van der Waals surface area contributed by atoms with Crippen molar-refractivity contribution in [3.05, 3.63) is 83.7 Å². The second-order valence-corrected chi connectivity index (χ2v) is 13.4. The number of nitrogens with zero attached hydrogens (tertiary/aromatic N) is 2. The number of fused-ring (bicyclic) bond motifs is 1. The summed E-state index contributed by atoms with van der Waals surface area (Å²) >= 11 is 0. The van der Waals surface area contributed by atoms with Crippen LogP contribution in [0.4, 0.5) is 8.78 Å². The van der Waals surface area contributed by atoms with E-state index in [9.17, 15) is 35.2 Å². The van der Waals surface area contributed by atoms with Crippen LogP contribution >= 0.6 is 0 Å². The highest BCUT2D eigenvalue weighted by Crippen LogP contribution is 2.23. The number of aromatic nitrogens is 1. The number of sulfonamides is 1. The van der Waals surface area contributed by atoms with Gasteiger partial charge in [0.2, 0.25) is 11.7 Å². The Morgan fingerprint density at radius 3 is 2.16 bits per heavy atom. The topological polar surface area (TPSA) is 186 Å². The van der Waals surface area contributed by atoms with E-state index in [1.54, 1.807) is 30.5 Å². The molecule has 0 unspecified atom stereocenters.